The predicted molar refractivity (Wildman–Crippen MR) is 60.4 cm³/mol. The minimum absolute atomic E-state index is 0.109. The van der Waals surface area contributed by atoms with Gasteiger partial charge in [0, 0.05) is 13.1 Å². The van der Waals surface area contributed by atoms with Crippen LogP contribution in [0, 0.1) is 10.1 Å². The first-order valence-corrected chi connectivity index (χ1v) is 5.32. The molecule has 2 N–H and O–H groups in total. The third-order valence-electron chi connectivity index (χ3n) is 1.94. The number of nitro groups is 1. The summed E-state index contributed by atoms with van der Waals surface area (Å²) >= 11 is 1.23. The third-order valence-corrected chi connectivity index (χ3v) is 2.93. The van der Waals surface area contributed by atoms with Gasteiger partial charge in [0.2, 0.25) is 5.82 Å². The van der Waals surface area contributed by atoms with Crippen LogP contribution in [-0.2, 0) is 7.05 Å². The van der Waals surface area contributed by atoms with Crippen LogP contribution in [0.3, 0.4) is 0 Å². The highest BCUT2D eigenvalue weighted by atomic mass is 32.2. The van der Waals surface area contributed by atoms with Gasteiger partial charge in [-0.1, -0.05) is 0 Å². The number of nitrogens with two attached hydrogens (primary N) is 1. The third kappa shape index (κ3) is 2.33. The zero-order chi connectivity index (χ0) is 12.4. The molecule has 2 rings (SSSR count). The van der Waals surface area contributed by atoms with Crippen molar-refractivity contribution in [2.24, 2.45) is 7.05 Å². The topological polar surface area (TPSA) is 113 Å². The summed E-state index contributed by atoms with van der Waals surface area (Å²) in [5.41, 5.74) is 5.28. The Bertz CT molecular complexity index is 569. The first-order valence-electron chi connectivity index (χ1n) is 4.50. The zero-order valence-corrected chi connectivity index (χ0v) is 9.59. The molecule has 0 aromatic carbocycles. The Kier molecular flexibility index (Phi) is 2.91. The standard InChI is InChI=1S/C8H8N6O2S/c1-13-8(10-4-11-13)17-6-3-2-5(14(15)16)7(9)12-6/h2-4H,1H3,(H2,9,12). The zero-order valence-electron chi connectivity index (χ0n) is 8.77. The van der Waals surface area contributed by atoms with E-state index in [9.17, 15) is 10.1 Å². The van der Waals surface area contributed by atoms with E-state index in [-0.39, 0.29) is 11.5 Å². The van der Waals surface area contributed by atoms with Crippen LogP contribution in [0.1, 0.15) is 0 Å². The minimum atomic E-state index is -0.570. The summed E-state index contributed by atoms with van der Waals surface area (Å²) < 4.78 is 1.57. The molecule has 17 heavy (non-hydrogen) atoms. The van der Waals surface area contributed by atoms with E-state index in [0.717, 1.165) is 0 Å². The van der Waals surface area contributed by atoms with Crippen molar-refractivity contribution in [2.75, 3.05) is 5.73 Å². The molecule has 0 radical (unpaired) electrons. The molecular formula is C8H8N6O2S. The Morgan fingerprint density at radius 2 is 2.29 bits per heavy atom. The second-order valence-electron chi connectivity index (χ2n) is 3.08. The molecule has 0 amide bonds. The average Bonchev–Trinajstić information content (AvgIpc) is 2.64. The normalized spacial score (nSPS) is 10.4. The van der Waals surface area contributed by atoms with Gasteiger partial charge in [0.25, 0.3) is 0 Å². The fourth-order valence-electron chi connectivity index (χ4n) is 1.13. The minimum Gasteiger partial charge on any atom is -0.378 e. The van der Waals surface area contributed by atoms with Crippen molar-refractivity contribution in [3.8, 4) is 0 Å². The van der Waals surface area contributed by atoms with Crippen molar-refractivity contribution in [2.45, 2.75) is 10.2 Å². The summed E-state index contributed by atoms with van der Waals surface area (Å²) in [7, 11) is 1.74. The predicted octanol–water partition coefficient (Wildman–Crippen LogP) is 0.852. The fourth-order valence-corrected chi connectivity index (χ4v) is 1.88. The van der Waals surface area contributed by atoms with Crippen LogP contribution >= 0.6 is 11.8 Å². The largest absolute Gasteiger partial charge is 0.378 e. The number of aryl methyl sites for hydroxylation is 1. The van der Waals surface area contributed by atoms with E-state index < -0.39 is 4.92 Å². The first-order chi connectivity index (χ1) is 8.08. The molecule has 0 saturated heterocycles. The molecule has 0 bridgehead atoms. The average molecular weight is 252 g/mol. The highest BCUT2D eigenvalue weighted by Gasteiger charge is 2.14. The molecule has 2 aromatic heterocycles. The summed E-state index contributed by atoms with van der Waals surface area (Å²) in [6.45, 7) is 0. The molecule has 0 atom stereocenters. The summed E-state index contributed by atoms with van der Waals surface area (Å²) in [6.07, 6.45) is 1.41. The lowest BCUT2D eigenvalue weighted by atomic mass is 10.4. The summed E-state index contributed by atoms with van der Waals surface area (Å²) in [4.78, 5) is 17.9. The molecule has 88 valence electrons. The van der Waals surface area contributed by atoms with Gasteiger partial charge in [0.05, 0.1) is 4.92 Å². The van der Waals surface area contributed by atoms with Crippen LogP contribution in [0.15, 0.2) is 28.6 Å². The Morgan fingerprint density at radius 1 is 1.53 bits per heavy atom. The van der Waals surface area contributed by atoms with Gasteiger partial charge < -0.3 is 5.73 Å². The van der Waals surface area contributed by atoms with Gasteiger partial charge in [-0.2, -0.15) is 5.10 Å². The van der Waals surface area contributed by atoms with Gasteiger partial charge >= 0.3 is 5.69 Å². The molecule has 0 spiro atoms. The van der Waals surface area contributed by atoms with Crippen LogP contribution < -0.4 is 5.73 Å². The quantitative estimate of drug-likeness (QED) is 0.636. The van der Waals surface area contributed by atoms with Crippen LogP contribution in [0.2, 0.25) is 0 Å². The van der Waals surface area contributed by atoms with E-state index in [2.05, 4.69) is 15.1 Å². The van der Waals surface area contributed by atoms with Gasteiger partial charge in [-0.25, -0.2) is 14.6 Å². The first kappa shape index (κ1) is 11.3. The molecule has 8 nitrogen and oxygen atoms in total. The van der Waals surface area contributed by atoms with Gasteiger partial charge in [-0.3, -0.25) is 10.1 Å². The number of aromatic nitrogens is 4. The van der Waals surface area contributed by atoms with Crippen LogP contribution in [0.4, 0.5) is 11.5 Å². The van der Waals surface area contributed by atoms with Crippen molar-refractivity contribution in [3.05, 3.63) is 28.6 Å². The second kappa shape index (κ2) is 4.37. The number of nitrogen functional groups attached to an aromatic ring is 1. The van der Waals surface area contributed by atoms with Gasteiger partial charge in [-0.15, -0.1) is 0 Å². The second-order valence-corrected chi connectivity index (χ2v) is 4.07. The lowest BCUT2D eigenvalue weighted by Crippen LogP contribution is -1.99. The molecule has 9 heteroatoms. The van der Waals surface area contributed by atoms with Crippen molar-refractivity contribution < 1.29 is 4.92 Å². The van der Waals surface area contributed by atoms with Gasteiger partial charge in [-0.05, 0) is 17.8 Å². The molecule has 0 aliphatic rings. The monoisotopic (exact) mass is 252 g/mol. The number of hydrogen-bond donors (Lipinski definition) is 1. The van der Waals surface area contributed by atoms with E-state index in [1.165, 1.54) is 30.2 Å². The molecular weight excluding hydrogens is 244 g/mol. The number of anilines is 1. The van der Waals surface area contributed by atoms with Crippen LogP contribution in [-0.4, -0.2) is 24.7 Å². The van der Waals surface area contributed by atoms with Crippen molar-refractivity contribution >= 4 is 23.3 Å². The summed E-state index contributed by atoms with van der Waals surface area (Å²) in [6, 6.07) is 2.84. The van der Waals surface area contributed by atoms with E-state index in [0.29, 0.717) is 10.2 Å². The molecule has 2 aromatic rings. The Labute approximate surface area is 100 Å². The summed E-state index contributed by atoms with van der Waals surface area (Å²) in [5.74, 6) is -0.109. The molecule has 0 saturated carbocycles. The maximum atomic E-state index is 10.6. The molecule has 0 aliphatic carbocycles. The number of rotatable bonds is 3. The van der Waals surface area contributed by atoms with Crippen molar-refractivity contribution in [1.29, 1.82) is 0 Å². The van der Waals surface area contributed by atoms with Crippen LogP contribution in [0.5, 0.6) is 0 Å². The van der Waals surface area contributed by atoms with Gasteiger partial charge in [0.15, 0.2) is 5.16 Å². The van der Waals surface area contributed by atoms with Gasteiger partial charge in [0.1, 0.15) is 11.4 Å². The Hall–Kier alpha value is -2.16. The molecule has 0 aliphatic heterocycles. The highest BCUT2D eigenvalue weighted by molar-refractivity contribution is 7.99. The smallest absolute Gasteiger partial charge is 0.311 e. The maximum absolute atomic E-state index is 10.6. The Morgan fingerprint density at radius 3 is 2.82 bits per heavy atom. The lowest BCUT2D eigenvalue weighted by Gasteiger charge is -2.01. The SMILES string of the molecule is Cn1ncnc1Sc1ccc([N+](=O)[O-])c(N)n1. The van der Waals surface area contributed by atoms with E-state index in [1.807, 2.05) is 0 Å². The van der Waals surface area contributed by atoms with Crippen molar-refractivity contribution in [3.63, 3.8) is 0 Å². The number of hydrogen-bond acceptors (Lipinski definition) is 7. The van der Waals surface area contributed by atoms with E-state index in [4.69, 9.17) is 5.73 Å². The molecule has 0 unspecified atom stereocenters. The number of nitrogens with zero attached hydrogens (tertiary/aromatic N) is 5. The van der Waals surface area contributed by atoms with Crippen molar-refractivity contribution in [1.82, 2.24) is 19.7 Å². The highest BCUT2D eigenvalue weighted by Crippen LogP contribution is 2.27. The number of pyridine rings is 1. The fraction of sp³-hybridized carbons (Fsp3) is 0.125. The molecule has 0 fully saturated rings. The maximum Gasteiger partial charge on any atom is 0.311 e. The van der Waals surface area contributed by atoms with E-state index in [1.54, 1.807) is 11.7 Å². The Balaban J connectivity index is 2.27. The summed E-state index contributed by atoms with van der Waals surface area (Å²) in [5, 5.41) is 15.6. The van der Waals surface area contributed by atoms with Crippen LogP contribution in [0.25, 0.3) is 0 Å². The molecule has 2 heterocycles. The lowest BCUT2D eigenvalue weighted by molar-refractivity contribution is -0.384. The van der Waals surface area contributed by atoms with E-state index >= 15 is 0 Å².